The van der Waals surface area contributed by atoms with E-state index in [9.17, 15) is 0 Å². The first kappa shape index (κ1) is 16.3. The zero-order valence-corrected chi connectivity index (χ0v) is 14.6. The van der Waals surface area contributed by atoms with Crippen molar-refractivity contribution in [2.75, 3.05) is 12.3 Å². The molecule has 21 heavy (non-hydrogen) atoms. The largest absolute Gasteiger partial charge is 0.477 e. The van der Waals surface area contributed by atoms with Crippen LogP contribution in [0.1, 0.15) is 17.5 Å². The summed E-state index contributed by atoms with van der Waals surface area (Å²) in [5, 5.41) is 0. The molecule has 112 valence electrons. The van der Waals surface area contributed by atoms with E-state index in [1.807, 2.05) is 24.3 Å². The molecule has 0 fully saturated rings. The fourth-order valence-electron chi connectivity index (χ4n) is 1.86. The zero-order valence-electron chi connectivity index (χ0n) is 12.6. The maximum atomic E-state index is 5.76. The molecule has 0 saturated heterocycles. The van der Waals surface area contributed by atoms with Gasteiger partial charge in [0.1, 0.15) is 11.5 Å². The van der Waals surface area contributed by atoms with Crippen LogP contribution >= 0.6 is 17.6 Å². The molecule has 4 heteroatoms. The van der Waals surface area contributed by atoms with Gasteiger partial charge in [-0.05, 0) is 55.7 Å². The van der Waals surface area contributed by atoms with E-state index in [0.29, 0.717) is 17.6 Å². The van der Waals surface area contributed by atoms with Crippen molar-refractivity contribution in [1.82, 2.24) is 0 Å². The summed E-state index contributed by atoms with van der Waals surface area (Å²) in [5.74, 6) is 1.96. The Labute approximate surface area is 131 Å². The van der Waals surface area contributed by atoms with Crippen LogP contribution in [0.3, 0.4) is 0 Å². The highest BCUT2D eigenvalue weighted by atomic mass is 31.1. The molecule has 0 bridgehead atoms. The predicted octanol–water partition coefficient (Wildman–Crippen LogP) is 5.34. The minimum Gasteiger partial charge on any atom is -0.477 e. The Morgan fingerprint density at radius 3 is 1.67 bits per heavy atom. The molecule has 0 aromatic heterocycles. The number of benzene rings is 2. The second-order valence-electron chi connectivity index (χ2n) is 4.98. The molecule has 0 amide bonds. The molecule has 2 aromatic carbocycles. The molecule has 2 rings (SSSR count). The summed E-state index contributed by atoms with van der Waals surface area (Å²) in [4.78, 5) is 0. The second kappa shape index (κ2) is 9.03. The Balaban J connectivity index is 1.54. The van der Waals surface area contributed by atoms with Gasteiger partial charge < -0.3 is 9.05 Å². The van der Waals surface area contributed by atoms with E-state index in [0.717, 1.165) is 30.2 Å². The van der Waals surface area contributed by atoms with E-state index in [1.54, 1.807) is 0 Å². The summed E-state index contributed by atoms with van der Waals surface area (Å²) in [6.45, 7) is 4.17. The van der Waals surface area contributed by atoms with Crippen LogP contribution < -0.4 is 9.05 Å². The number of aryl methyl sites for hydroxylation is 2. The molecule has 0 aliphatic carbocycles. The fraction of sp³-hybridized carbons (Fsp3) is 0.294. The van der Waals surface area contributed by atoms with Gasteiger partial charge in [0.05, 0.1) is 17.6 Å². The monoisotopic (exact) mass is 320 g/mol. The summed E-state index contributed by atoms with van der Waals surface area (Å²) in [5.41, 5.74) is 2.48. The maximum absolute atomic E-state index is 5.76. The molecule has 0 aliphatic rings. The molecule has 0 radical (unpaired) electrons. The van der Waals surface area contributed by atoms with Gasteiger partial charge in [0.25, 0.3) is 0 Å². The molecule has 0 saturated carbocycles. The topological polar surface area (TPSA) is 18.5 Å². The highest BCUT2D eigenvalue weighted by Gasteiger charge is 1.97. The third kappa shape index (κ3) is 6.46. The Kier molecular flexibility index (Phi) is 7.00. The molecule has 0 heterocycles. The molecule has 2 atom stereocenters. The first-order valence-electron chi connectivity index (χ1n) is 7.17. The van der Waals surface area contributed by atoms with E-state index < -0.39 is 0 Å². The minimum absolute atomic E-state index is 0.531. The van der Waals surface area contributed by atoms with Crippen molar-refractivity contribution < 1.29 is 9.05 Å². The Hall–Kier alpha value is -1.10. The molecule has 2 aromatic rings. The zero-order chi connectivity index (χ0) is 14.9. The van der Waals surface area contributed by atoms with E-state index in [4.69, 9.17) is 9.05 Å². The van der Waals surface area contributed by atoms with Crippen LogP contribution in [0.2, 0.25) is 0 Å². The molecule has 2 nitrogen and oxygen atoms in total. The molecule has 0 N–H and O–H groups in total. The van der Waals surface area contributed by atoms with Gasteiger partial charge in [0.15, 0.2) is 0 Å². The van der Waals surface area contributed by atoms with Gasteiger partial charge in [0, 0.05) is 12.3 Å². The van der Waals surface area contributed by atoms with Crippen LogP contribution in [-0.2, 0) is 0 Å². The molecule has 0 aliphatic heterocycles. The lowest BCUT2D eigenvalue weighted by Gasteiger charge is -2.07. The predicted molar refractivity (Wildman–Crippen MR) is 94.6 cm³/mol. The lowest BCUT2D eigenvalue weighted by molar-refractivity contribution is 0.623. The van der Waals surface area contributed by atoms with Gasteiger partial charge in [-0.25, -0.2) is 0 Å². The average molecular weight is 320 g/mol. The summed E-state index contributed by atoms with van der Waals surface area (Å²) in [6.07, 6.45) is 3.34. The fourth-order valence-corrected chi connectivity index (χ4v) is 3.65. The summed E-state index contributed by atoms with van der Waals surface area (Å²) in [7, 11) is 1.06. The lowest BCUT2D eigenvalue weighted by atomic mass is 10.2. The maximum Gasteiger partial charge on any atom is 0.123 e. The average Bonchev–Trinajstić information content (AvgIpc) is 2.46. The normalized spacial score (nSPS) is 11.5. The standard InChI is InChI=1S/C17H22O2P2/c1-14-6-3-8-16(12-14)18-20-10-5-11-21-19-17-9-4-7-15(2)13-17/h3-4,6-9,12-13,20-21H,5,10-11H2,1-2H3. The molecular formula is C17H22O2P2. The van der Waals surface area contributed by atoms with Crippen LogP contribution in [0.4, 0.5) is 0 Å². The third-order valence-corrected chi connectivity index (χ3v) is 4.79. The SMILES string of the molecule is Cc1cccc(OPCCCPOc2cccc(C)c2)c1. The van der Waals surface area contributed by atoms with Crippen molar-refractivity contribution in [1.29, 1.82) is 0 Å². The quantitative estimate of drug-likeness (QED) is 0.483. The van der Waals surface area contributed by atoms with Gasteiger partial charge in [0.2, 0.25) is 0 Å². The van der Waals surface area contributed by atoms with Crippen molar-refractivity contribution in [3.63, 3.8) is 0 Å². The Bertz CT molecular complexity index is 508. The summed E-state index contributed by atoms with van der Waals surface area (Å²) < 4.78 is 11.5. The highest BCUT2D eigenvalue weighted by molar-refractivity contribution is 7.33. The lowest BCUT2D eigenvalue weighted by Crippen LogP contribution is -1.88. The van der Waals surface area contributed by atoms with Crippen molar-refractivity contribution in [3.05, 3.63) is 59.7 Å². The number of hydrogen-bond acceptors (Lipinski definition) is 2. The second-order valence-corrected chi connectivity index (χ2v) is 6.96. The Morgan fingerprint density at radius 2 is 1.24 bits per heavy atom. The summed E-state index contributed by atoms with van der Waals surface area (Å²) >= 11 is 0. The van der Waals surface area contributed by atoms with Crippen LogP contribution in [0.15, 0.2) is 48.5 Å². The van der Waals surface area contributed by atoms with Gasteiger partial charge in [-0.2, -0.15) is 0 Å². The molecule has 0 spiro atoms. The van der Waals surface area contributed by atoms with E-state index in [2.05, 4.69) is 38.1 Å². The third-order valence-electron chi connectivity index (χ3n) is 2.92. The van der Waals surface area contributed by atoms with Crippen molar-refractivity contribution in [3.8, 4) is 11.5 Å². The van der Waals surface area contributed by atoms with E-state index >= 15 is 0 Å². The van der Waals surface area contributed by atoms with Crippen LogP contribution in [0, 0.1) is 13.8 Å². The first-order chi connectivity index (χ1) is 10.2. The van der Waals surface area contributed by atoms with Crippen molar-refractivity contribution in [2.45, 2.75) is 20.3 Å². The molecular weight excluding hydrogens is 298 g/mol. The smallest absolute Gasteiger partial charge is 0.123 e. The highest BCUT2D eigenvalue weighted by Crippen LogP contribution is 2.25. The van der Waals surface area contributed by atoms with Gasteiger partial charge in [-0.1, -0.05) is 24.3 Å². The van der Waals surface area contributed by atoms with Crippen LogP contribution in [0.5, 0.6) is 11.5 Å². The first-order valence-corrected chi connectivity index (χ1v) is 9.40. The van der Waals surface area contributed by atoms with Crippen molar-refractivity contribution >= 4 is 17.6 Å². The minimum atomic E-state index is 0.531. The number of hydrogen-bond donors (Lipinski definition) is 0. The van der Waals surface area contributed by atoms with Crippen molar-refractivity contribution in [2.24, 2.45) is 0 Å². The molecule has 2 unspecified atom stereocenters. The van der Waals surface area contributed by atoms with Gasteiger partial charge in [-0.15, -0.1) is 0 Å². The van der Waals surface area contributed by atoms with E-state index in [-0.39, 0.29) is 0 Å². The van der Waals surface area contributed by atoms with Crippen LogP contribution in [0.25, 0.3) is 0 Å². The summed E-state index contributed by atoms with van der Waals surface area (Å²) in [6, 6.07) is 16.4. The van der Waals surface area contributed by atoms with Gasteiger partial charge in [-0.3, -0.25) is 0 Å². The van der Waals surface area contributed by atoms with Gasteiger partial charge >= 0.3 is 0 Å². The Morgan fingerprint density at radius 1 is 0.762 bits per heavy atom. The van der Waals surface area contributed by atoms with E-state index in [1.165, 1.54) is 11.1 Å². The number of rotatable bonds is 8. The van der Waals surface area contributed by atoms with Crippen LogP contribution in [-0.4, -0.2) is 12.3 Å².